The van der Waals surface area contributed by atoms with Crippen LogP contribution in [0.1, 0.15) is 5.56 Å². The third-order valence-electron chi connectivity index (χ3n) is 1.58. The summed E-state index contributed by atoms with van der Waals surface area (Å²) >= 11 is 0. The molecule has 0 atom stereocenters. The van der Waals surface area contributed by atoms with E-state index in [0.29, 0.717) is 0 Å². The molecule has 1 aromatic heterocycles. The van der Waals surface area contributed by atoms with Gasteiger partial charge in [-0.05, 0) is 6.07 Å². The van der Waals surface area contributed by atoms with Crippen molar-refractivity contribution in [1.82, 2.24) is 0 Å². The molecule has 1 aromatic rings. The third kappa shape index (κ3) is 1.94. The molecule has 0 aliphatic carbocycles. The fraction of sp³-hybridized carbons (Fsp3) is 0.500. The zero-order valence-electron chi connectivity index (χ0n) is 7.22. The van der Waals surface area contributed by atoms with Crippen LogP contribution in [0.3, 0.4) is 0 Å². The number of hydrogen-bond donors (Lipinski definition) is 1. The molecular formula is C8H14O2Si. The molecule has 0 spiro atoms. The number of aliphatic hydroxyl groups excluding tert-OH is 1. The van der Waals surface area contributed by atoms with Crippen molar-refractivity contribution in [2.45, 2.75) is 26.2 Å². The lowest BCUT2D eigenvalue weighted by Crippen LogP contribution is -2.36. The summed E-state index contributed by atoms with van der Waals surface area (Å²) in [6, 6.07) is 1.95. The Morgan fingerprint density at radius 2 is 2.09 bits per heavy atom. The largest absolute Gasteiger partial charge is 0.474 e. The van der Waals surface area contributed by atoms with Crippen LogP contribution in [0.4, 0.5) is 0 Å². The first-order valence-electron chi connectivity index (χ1n) is 3.73. The highest BCUT2D eigenvalue weighted by atomic mass is 28.3. The van der Waals surface area contributed by atoms with E-state index in [-0.39, 0.29) is 6.61 Å². The topological polar surface area (TPSA) is 33.4 Å². The summed E-state index contributed by atoms with van der Waals surface area (Å²) in [5.41, 5.74) is 0.877. The SMILES string of the molecule is C[Si](C)(C)c1cc(CO)co1. The van der Waals surface area contributed by atoms with E-state index in [1.54, 1.807) is 6.26 Å². The van der Waals surface area contributed by atoms with Gasteiger partial charge in [0.2, 0.25) is 0 Å². The quantitative estimate of drug-likeness (QED) is 0.679. The molecule has 1 rings (SSSR count). The fourth-order valence-corrected chi connectivity index (χ4v) is 1.88. The Kier molecular flexibility index (Phi) is 2.20. The van der Waals surface area contributed by atoms with Crippen LogP contribution in [0.15, 0.2) is 16.7 Å². The number of furan rings is 1. The van der Waals surface area contributed by atoms with Crippen molar-refractivity contribution in [2.24, 2.45) is 0 Å². The zero-order valence-corrected chi connectivity index (χ0v) is 8.22. The first-order chi connectivity index (χ1) is 5.04. The second-order valence-electron chi connectivity index (χ2n) is 3.73. The lowest BCUT2D eigenvalue weighted by atomic mass is 10.4. The predicted octanol–water partition coefficient (Wildman–Crippen LogP) is 1.32. The van der Waals surface area contributed by atoms with Gasteiger partial charge in [-0.3, -0.25) is 0 Å². The van der Waals surface area contributed by atoms with Crippen LogP contribution in [0.25, 0.3) is 0 Å². The molecule has 0 amide bonds. The Morgan fingerprint density at radius 1 is 1.45 bits per heavy atom. The van der Waals surface area contributed by atoms with Gasteiger partial charge >= 0.3 is 0 Å². The second-order valence-corrected chi connectivity index (χ2v) is 8.72. The molecule has 0 aromatic carbocycles. The van der Waals surface area contributed by atoms with Crippen LogP contribution in [0.2, 0.25) is 19.6 Å². The Hall–Kier alpha value is -0.543. The molecule has 3 heteroatoms. The Balaban J connectivity index is 2.89. The van der Waals surface area contributed by atoms with Crippen molar-refractivity contribution in [3.63, 3.8) is 0 Å². The highest BCUT2D eigenvalue weighted by molar-refractivity contribution is 6.87. The Labute approximate surface area is 67.9 Å². The van der Waals surface area contributed by atoms with Crippen LogP contribution in [-0.4, -0.2) is 13.2 Å². The van der Waals surface area contributed by atoms with Crippen molar-refractivity contribution in [1.29, 1.82) is 0 Å². The molecular weight excluding hydrogens is 156 g/mol. The summed E-state index contributed by atoms with van der Waals surface area (Å²) in [6.07, 6.45) is 1.63. The fourth-order valence-electron chi connectivity index (χ4n) is 0.852. The standard InChI is InChI=1S/C8H14O2Si/c1-11(2,3)8-4-7(5-9)6-10-8/h4,6,9H,5H2,1-3H3. The highest BCUT2D eigenvalue weighted by Gasteiger charge is 2.20. The van der Waals surface area contributed by atoms with E-state index in [4.69, 9.17) is 9.52 Å². The first-order valence-corrected chi connectivity index (χ1v) is 7.23. The number of hydrogen-bond acceptors (Lipinski definition) is 2. The molecule has 0 aliphatic heterocycles. The summed E-state index contributed by atoms with van der Waals surface area (Å²) in [5.74, 6) is 0. The maximum Gasteiger partial charge on any atom is 0.123 e. The van der Waals surface area contributed by atoms with Crippen molar-refractivity contribution < 1.29 is 9.52 Å². The Morgan fingerprint density at radius 3 is 2.36 bits per heavy atom. The lowest BCUT2D eigenvalue weighted by Gasteiger charge is -2.10. The van der Waals surface area contributed by atoms with Gasteiger partial charge in [0.1, 0.15) is 8.07 Å². The molecule has 62 valence electrons. The Bertz CT molecular complexity index is 234. The van der Waals surface area contributed by atoms with E-state index in [2.05, 4.69) is 19.6 Å². The van der Waals surface area contributed by atoms with Crippen molar-refractivity contribution in [2.75, 3.05) is 0 Å². The summed E-state index contributed by atoms with van der Waals surface area (Å²) in [5, 5.41) is 9.83. The monoisotopic (exact) mass is 170 g/mol. The minimum atomic E-state index is -1.31. The molecule has 0 unspecified atom stereocenters. The van der Waals surface area contributed by atoms with Gasteiger partial charge < -0.3 is 9.52 Å². The molecule has 11 heavy (non-hydrogen) atoms. The summed E-state index contributed by atoms with van der Waals surface area (Å²) in [4.78, 5) is 0. The molecule has 0 saturated heterocycles. The summed E-state index contributed by atoms with van der Waals surface area (Å²) in [7, 11) is -1.31. The average Bonchev–Trinajstić information content (AvgIpc) is 2.32. The second kappa shape index (κ2) is 2.83. The number of aliphatic hydroxyl groups is 1. The minimum Gasteiger partial charge on any atom is -0.474 e. The van der Waals surface area contributed by atoms with Gasteiger partial charge in [0.15, 0.2) is 0 Å². The molecule has 0 fully saturated rings. The molecule has 2 nitrogen and oxygen atoms in total. The molecule has 1 heterocycles. The zero-order chi connectivity index (χ0) is 8.48. The van der Waals surface area contributed by atoms with E-state index in [1.165, 1.54) is 0 Å². The average molecular weight is 170 g/mol. The minimum absolute atomic E-state index is 0.0774. The van der Waals surface area contributed by atoms with Gasteiger partial charge in [-0.15, -0.1) is 0 Å². The van der Waals surface area contributed by atoms with Gasteiger partial charge in [0.25, 0.3) is 0 Å². The van der Waals surface area contributed by atoms with E-state index < -0.39 is 8.07 Å². The van der Waals surface area contributed by atoms with Gasteiger partial charge in [-0.1, -0.05) is 19.6 Å². The van der Waals surface area contributed by atoms with E-state index in [1.807, 2.05) is 6.07 Å². The molecule has 0 bridgehead atoms. The molecule has 0 saturated carbocycles. The lowest BCUT2D eigenvalue weighted by molar-refractivity contribution is 0.280. The van der Waals surface area contributed by atoms with Gasteiger partial charge in [0.05, 0.1) is 18.3 Å². The van der Waals surface area contributed by atoms with Crippen molar-refractivity contribution in [3.05, 3.63) is 17.9 Å². The van der Waals surface area contributed by atoms with Crippen LogP contribution in [0, 0.1) is 0 Å². The predicted molar refractivity (Wildman–Crippen MR) is 47.6 cm³/mol. The van der Waals surface area contributed by atoms with Crippen LogP contribution in [-0.2, 0) is 6.61 Å². The maximum atomic E-state index is 8.77. The molecule has 1 N–H and O–H groups in total. The molecule has 0 radical (unpaired) electrons. The van der Waals surface area contributed by atoms with Gasteiger partial charge in [-0.25, -0.2) is 0 Å². The normalized spacial score (nSPS) is 12.0. The third-order valence-corrected chi connectivity index (χ3v) is 3.32. The number of rotatable bonds is 2. The van der Waals surface area contributed by atoms with Gasteiger partial charge in [0, 0.05) is 5.56 Å². The van der Waals surface area contributed by atoms with E-state index in [0.717, 1.165) is 10.9 Å². The summed E-state index contributed by atoms with van der Waals surface area (Å²) in [6.45, 7) is 6.72. The van der Waals surface area contributed by atoms with Crippen LogP contribution < -0.4 is 5.38 Å². The maximum absolute atomic E-state index is 8.77. The van der Waals surface area contributed by atoms with Crippen LogP contribution >= 0.6 is 0 Å². The van der Waals surface area contributed by atoms with Crippen molar-refractivity contribution >= 4 is 13.5 Å². The smallest absolute Gasteiger partial charge is 0.123 e. The van der Waals surface area contributed by atoms with Crippen LogP contribution in [0.5, 0.6) is 0 Å². The molecule has 0 aliphatic rings. The first kappa shape index (κ1) is 8.55. The highest BCUT2D eigenvalue weighted by Crippen LogP contribution is 2.06. The van der Waals surface area contributed by atoms with E-state index in [9.17, 15) is 0 Å². The van der Waals surface area contributed by atoms with Crippen molar-refractivity contribution in [3.8, 4) is 0 Å². The summed E-state index contributed by atoms with van der Waals surface area (Å²) < 4.78 is 5.32. The van der Waals surface area contributed by atoms with E-state index >= 15 is 0 Å². The van der Waals surface area contributed by atoms with Gasteiger partial charge in [-0.2, -0.15) is 0 Å².